The topological polar surface area (TPSA) is 110 Å². The first-order chi connectivity index (χ1) is 17.7. The van der Waals surface area contributed by atoms with Crippen molar-refractivity contribution < 1.29 is 9.84 Å². The number of aliphatic hydroxyl groups is 1. The van der Waals surface area contributed by atoms with Crippen molar-refractivity contribution in [1.82, 2.24) is 39.6 Å². The summed E-state index contributed by atoms with van der Waals surface area (Å²) in [4.78, 5) is 7.28. The number of hydrogen-bond donors (Lipinski definition) is 2. The summed E-state index contributed by atoms with van der Waals surface area (Å²) >= 11 is 0. The van der Waals surface area contributed by atoms with E-state index in [1.807, 2.05) is 32.5 Å². The molecule has 1 aliphatic rings. The van der Waals surface area contributed by atoms with Gasteiger partial charge in [0.15, 0.2) is 0 Å². The first-order valence-electron chi connectivity index (χ1n) is 12.8. The SMILES string of the molecule is Cc1nn(CCO)c2c1/C=C/c1[nH]nc3c(C)nc(cc13)-c1c(C)nn(C)c1O[C@@H](C)CN(C(C)C)C2. The quantitative estimate of drug-likeness (QED) is 0.438. The Morgan fingerprint density at radius 1 is 1.14 bits per heavy atom. The van der Waals surface area contributed by atoms with E-state index in [4.69, 9.17) is 14.8 Å². The minimum Gasteiger partial charge on any atom is -0.473 e. The van der Waals surface area contributed by atoms with Crippen LogP contribution in [0.4, 0.5) is 0 Å². The lowest BCUT2D eigenvalue weighted by Gasteiger charge is -2.30. The third kappa shape index (κ3) is 4.55. The summed E-state index contributed by atoms with van der Waals surface area (Å²) in [5.41, 5.74) is 8.21. The van der Waals surface area contributed by atoms with Crippen LogP contribution in [0.2, 0.25) is 0 Å². The van der Waals surface area contributed by atoms with Gasteiger partial charge in [0.05, 0.1) is 52.9 Å². The Balaban J connectivity index is 1.74. The lowest BCUT2D eigenvalue weighted by atomic mass is 10.1. The zero-order valence-corrected chi connectivity index (χ0v) is 22.7. The van der Waals surface area contributed by atoms with E-state index in [0.717, 1.165) is 56.2 Å². The lowest BCUT2D eigenvalue weighted by molar-refractivity contribution is 0.109. The van der Waals surface area contributed by atoms with Gasteiger partial charge in [0, 0.05) is 37.1 Å². The first kappa shape index (κ1) is 25.2. The second-order valence-corrected chi connectivity index (χ2v) is 10.2. The van der Waals surface area contributed by atoms with Crippen LogP contribution in [0.25, 0.3) is 34.3 Å². The summed E-state index contributed by atoms with van der Waals surface area (Å²) in [6, 6.07) is 2.34. The fourth-order valence-corrected chi connectivity index (χ4v) is 5.19. The number of nitrogens with one attached hydrogen (secondary N) is 1. The van der Waals surface area contributed by atoms with E-state index in [0.29, 0.717) is 25.5 Å². The molecule has 0 saturated carbocycles. The van der Waals surface area contributed by atoms with Crippen LogP contribution in [0.1, 0.15) is 54.8 Å². The molecule has 1 atom stereocenters. The van der Waals surface area contributed by atoms with Crippen LogP contribution in [0.3, 0.4) is 0 Å². The molecule has 0 aromatic carbocycles. The molecule has 196 valence electrons. The Morgan fingerprint density at radius 3 is 2.65 bits per heavy atom. The largest absolute Gasteiger partial charge is 0.473 e. The van der Waals surface area contributed by atoms with Gasteiger partial charge in [-0.15, -0.1) is 0 Å². The highest BCUT2D eigenvalue weighted by Crippen LogP contribution is 2.35. The molecule has 5 rings (SSSR count). The van der Waals surface area contributed by atoms with Gasteiger partial charge in [-0.3, -0.25) is 19.7 Å². The molecule has 37 heavy (non-hydrogen) atoms. The number of aromatic amines is 1. The van der Waals surface area contributed by atoms with Gasteiger partial charge in [0.2, 0.25) is 5.88 Å². The van der Waals surface area contributed by atoms with E-state index >= 15 is 0 Å². The Bertz CT molecular complexity index is 1480. The zero-order valence-electron chi connectivity index (χ0n) is 22.7. The molecule has 4 aromatic heterocycles. The maximum Gasteiger partial charge on any atom is 0.221 e. The van der Waals surface area contributed by atoms with Crippen molar-refractivity contribution in [3.8, 4) is 17.1 Å². The normalized spacial score (nSPS) is 17.5. The number of nitrogens with zero attached hydrogens (tertiary/aromatic N) is 7. The summed E-state index contributed by atoms with van der Waals surface area (Å²) in [7, 11) is 1.91. The number of aliphatic hydroxyl groups excluding tert-OH is 1. The van der Waals surface area contributed by atoms with E-state index in [1.54, 1.807) is 4.68 Å². The summed E-state index contributed by atoms with van der Waals surface area (Å²) in [6.07, 6.45) is 4.06. The third-order valence-electron chi connectivity index (χ3n) is 7.07. The van der Waals surface area contributed by atoms with Gasteiger partial charge in [-0.25, -0.2) is 4.68 Å². The second-order valence-electron chi connectivity index (χ2n) is 10.2. The van der Waals surface area contributed by atoms with E-state index < -0.39 is 0 Å². The van der Waals surface area contributed by atoms with Gasteiger partial charge < -0.3 is 9.84 Å². The Kier molecular flexibility index (Phi) is 6.63. The molecule has 0 unspecified atom stereocenters. The number of fused-ring (bicyclic) bond motifs is 4. The van der Waals surface area contributed by atoms with Crippen LogP contribution in [0.15, 0.2) is 6.07 Å². The second kappa shape index (κ2) is 9.75. The highest BCUT2D eigenvalue weighted by molar-refractivity contribution is 5.93. The molecule has 10 heteroatoms. The monoisotopic (exact) mass is 504 g/mol. The lowest BCUT2D eigenvalue weighted by Crippen LogP contribution is -2.39. The number of rotatable bonds is 3. The molecule has 0 saturated heterocycles. The number of hydrogen-bond acceptors (Lipinski definition) is 7. The van der Waals surface area contributed by atoms with Crippen LogP contribution >= 0.6 is 0 Å². The van der Waals surface area contributed by atoms with Crippen LogP contribution in [0, 0.1) is 20.8 Å². The van der Waals surface area contributed by atoms with Crippen LogP contribution in [0.5, 0.6) is 5.88 Å². The molecule has 2 bridgehead atoms. The zero-order chi connectivity index (χ0) is 26.4. The number of aromatic nitrogens is 7. The highest BCUT2D eigenvalue weighted by atomic mass is 16.5. The summed E-state index contributed by atoms with van der Waals surface area (Å²) < 4.78 is 10.3. The van der Waals surface area contributed by atoms with Gasteiger partial charge in [-0.1, -0.05) is 0 Å². The number of H-pyrrole nitrogens is 1. The average Bonchev–Trinajstić information content (AvgIpc) is 3.45. The highest BCUT2D eigenvalue weighted by Gasteiger charge is 2.25. The van der Waals surface area contributed by atoms with Crippen molar-refractivity contribution in [3.63, 3.8) is 0 Å². The van der Waals surface area contributed by atoms with Crippen LogP contribution in [-0.2, 0) is 20.1 Å². The van der Waals surface area contributed by atoms with Crippen molar-refractivity contribution in [2.24, 2.45) is 7.05 Å². The molecule has 4 aromatic rings. The van der Waals surface area contributed by atoms with Crippen LogP contribution in [-0.4, -0.2) is 70.0 Å². The summed E-state index contributed by atoms with van der Waals surface area (Å²) in [5, 5.41) is 27.9. The fourth-order valence-electron chi connectivity index (χ4n) is 5.19. The number of pyridine rings is 1. The van der Waals surface area contributed by atoms with Crippen molar-refractivity contribution in [1.29, 1.82) is 0 Å². The molecule has 10 nitrogen and oxygen atoms in total. The molecule has 0 fully saturated rings. The molecular formula is C27H36N8O2. The third-order valence-corrected chi connectivity index (χ3v) is 7.07. The Morgan fingerprint density at radius 2 is 1.92 bits per heavy atom. The predicted octanol–water partition coefficient (Wildman–Crippen LogP) is 3.63. The molecule has 0 amide bonds. The molecule has 1 aliphatic heterocycles. The average molecular weight is 505 g/mol. The minimum absolute atomic E-state index is 0.0291. The van der Waals surface area contributed by atoms with E-state index in [2.05, 4.69) is 59.2 Å². The molecule has 0 radical (unpaired) electrons. The van der Waals surface area contributed by atoms with Gasteiger partial charge in [-0.2, -0.15) is 15.3 Å². The molecule has 2 N–H and O–H groups in total. The summed E-state index contributed by atoms with van der Waals surface area (Å²) in [5.74, 6) is 0.706. The van der Waals surface area contributed by atoms with Gasteiger partial charge in [-0.05, 0) is 59.8 Å². The number of ether oxygens (including phenoxy) is 1. The maximum atomic E-state index is 9.71. The van der Waals surface area contributed by atoms with E-state index in [-0.39, 0.29) is 18.8 Å². The van der Waals surface area contributed by atoms with Gasteiger partial charge >= 0.3 is 0 Å². The fraction of sp³-hybridized carbons (Fsp3) is 0.481. The smallest absolute Gasteiger partial charge is 0.221 e. The standard InChI is InChI=1S/C27H36N8O2/c1-15(2)34-13-16(3)37-27-25(18(5)31-33(27)7)23-12-21-22(29-30-26(21)19(6)28-23)9-8-20-17(4)32-35(10-11-36)24(20)14-34/h8-9,12,15-16,36H,10-11,13-14H2,1-7H3,(H,29,30)/b9-8+/t16-/m0/s1. The van der Waals surface area contributed by atoms with E-state index in [1.165, 1.54) is 0 Å². The predicted molar refractivity (Wildman–Crippen MR) is 144 cm³/mol. The van der Waals surface area contributed by atoms with Crippen molar-refractivity contribution in [2.45, 2.75) is 66.8 Å². The Labute approximate surface area is 217 Å². The molecule has 0 aliphatic carbocycles. The van der Waals surface area contributed by atoms with E-state index in [9.17, 15) is 5.11 Å². The molecule has 5 heterocycles. The van der Waals surface area contributed by atoms with Gasteiger partial charge in [0.25, 0.3) is 0 Å². The Hall–Kier alpha value is -3.50. The van der Waals surface area contributed by atoms with Crippen molar-refractivity contribution in [3.05, 3.63) is 40.1 Å². The number of aryl methyl sites for hydroxylation is 4. The van der Waals surface area contributed by atoms with Crippen molar-refractivity contribution >= 4 is 23.1 Å². The summed E-state index contributed by atoms with van der Waals surface area (Å²) in [6.45, 7) is 14.3. The van der Waals surface area contributed by atoms with Gasteiger partial charge in [0.1, 0.15) is 11.6 Å². The van der Waals surface area contributed by atoms with Crippen LogP contribution < -0.4 is 4.74 Å². The molecule has 0 spiro atoms. The van der Waals surface area contributed by atoms with Crippen molar-refractivity contribution in [2.75, 3.05) is 13.2 Å². The minimum atomic E-state index is -0.107. The first-order valence-corrected chi connectivity index (χ1v) is 12.8. The molecular weight excluding hydrogens is 468 g/mol. The maximum absolute atomic E-state index is 9.71.